The fourth-order valence-electron chi connectivity index (χ4n) is 6.67. The molecule has 0 spiro atoms. The molecular weight excluding hydrogens is 985 g/mol. The molecule has 2 unspecified atom stereocenters. The molecule has 0 amide bonds. The van der Waals surface area contributed by atoms with Crippen LogP contribution in [0.3, 0.4) is 0 Å². The number of aliphatic carboxylic acids is 1. The number of alkyl halides is 12. The van der Waals surface area contributed by atoms with Crippen molar-refractivity contribution in [2.45, 2.75) is 58.2 Å². The van der Waals surface area contributed by atoms with Gasteiger partial charge in [0.05, 0.1) is 40.5 Å². The number of carbonyl (C=O) groups is 2. The lowest BCUT2D eigenvalue weighted by Gasteiger charge is -2.28. The van der Waals surface area contributed by atoms with Gasteiger partial charge in [-0.15, -0.1) is 0 Å². The van der Waals surface area contributed by atoms with Crippen LogP contribution in [0.5, 0.6) is 11.5 Å². The maximum absolute atomic E-state index is 13.4. The van der Waals surface area contributed by atoms with E-state index in [1.54, 1.807) is 48.5 Å². The van der Waals surface area contributed by atoms with Gasteiger partial charge >= 0.3 is 36.6 Å². The number of carboxylic acids is 1. The van der Waals surface area contributed by atoms with E-state index in [9.17, 15) is 67.4 Å². The Morgan fingerprint density at radius 3 is 1.31 bits per heavy atom. The third-order valence-electron chi connectivity index (χ3n) is 10.3. The molecule has 8 rings (SSSR count). The number of methoxy groups -OCH3 is 1. The Morgan fingerprint density at radius 1 is 0.528 bits per heavy atom. The van der Waals surface area contributed by atoms with Crippen molar-refractivity contribution in [3.8, 4) is 34.4 Å². The summed E-state index contributed by atoms with van der Waals surface area (Å²) >= 11 is 0. The zero-order valence-corrected chi connectivity index (χ0v) is 35.5. The molecule has 2 heterocycles. The normalized spacial score (nSPS) is 13.1. The highest BCUT2D eigenvalue weighted by Gasteiger charge is 2.41. The first-order valence-electron chi connectivity index (χ1n) is 19.9. The lowest BCUT2D eigenvalue weighted by Crippen LogP contribution is -2.38. The topological polar surface area (TPSA) is 134 Å². The summed E-state index contributed by atoms with van der Waals surface area (Å²) in [5.41, 5.74) is -5.67. The molecule has 2 atom stereocenters. The van der Waals surface area contributed by atoms with E-state index in [1.807, 2.05) is 0 Å². The number of nitrogens with zero attached hydrogens (tertiary/aromatic N) is 2. The average molecular weight is 1020 g/mol. The first-order chi connectivity index (χ1) is 32.8. The molecule has 22 heteroatoms. The third kappa shape index (κ3) is 11.9. The minimum absolute atomic E-state index is 0. The highest BCUT2D eigenvalue weighted by molar-refractivity contribution is 5.82. The summed E-state index contributed by atoms with van der Waals surface area (Å²) in [6.45, 7) is 1.07. The van der Waals surface area contributed by atoms with Crippen LogP contribution in [0.1, 0.15) is 61.3 Å². The Morgan fingerprint density at radius 2 is 0.903 bits per heavy atom. The molecule has 0 aliphatic carbocycles. The van der Waals surface area contributed by atoms with Gasteiger partial charge in [0.15, 0.2) is 11.2 Å². The molecule has 0 saturated heterocycles. The Hall–Kier alpha value is -8.04. The van der Waals surface area contributed by atoms with Gasteiger partial charge in [-0.25, -0.2) is 19.6 Å². The maximum atomic E-state index is 13.4. The Kier molecular flexibility index (Phi) is 15.8. The second-order valence-corrected chi connectivity index (χ2v) is 15.0. The van der Waals surface area contributed by atoms with E-state index in [-0.39, 0.29) is 66.0 Å². The summed E-state index contributed by atoms with van der Waals surface area (Å²) in [7, 11) is 1.04. The molecule has 1 N–H and O–H groups in total. The minimum atomic E-state index is -4.73. The van der Waals surface area contributed by atoms with Gasteiger partial charge in [-0.1, -0.05) is 63.4 Å². The highest BCUT2D eigenvalue weighted by atomic mass is 19.4. The molecular formula is C50H38F12N2O8. The van der Waals surface area contributed by atoms with E-state index in [0.717, 1.165) is 74.7 Å². The van der Waals surface area contributed by atoms with Crippen LogP contribution in [0.15, 0.2) is 142 Å². The largest absolute Gasteiger partial charge is 0.478 e. The number of halogens is 12. The van der Waals surface area contributed by atoms with E-state index in [2.05, 4.69) is 9.97 Å². The maximum Gasteiger partial charge on any atom is 0.416 e. The quantitative estimate of drug-likeness (QED) is 0.104. The van der Waals surface area contributed by atoms with E-state index >= 15 is 0 Å². The Balaban J connectivity index is 0.000000260. The van der Waals surface area contributed by atoms with Gasteiger partial charge < -0.3 is 28.2 Å². The predicted octanol–water partition coefficient (Wildman–Crippen LogP) is 15.0. The number of hydrogen-bond acceptors (Lipinski definition) is 9. The standard InChI is InChI=1S/2C24H15F6NO4.2CH4/c1-22(21(32)33,13-6-8-14(9-7-13)23(25,26)27)35-18-11-10-15(24(28,29)30)12-16(18)20-31-17-4-2-3-5-19(17)34-20;1-33-22(32)20(13-6-8-14(9-7-13)23(25,26)27)34-18-11-10-15(24(28,29)30)12-16(18)21-31-17-4-2-3-5-19(17)35-21;;/h2-12H,1H3,(H,32,33);2-12,20H,1H3;2*1H4. The molecule has 380 valence electrons. The number of aromatic nitrogens is 2. The lowest BCUT2D eigenvalue weighted by atomic mass is 9.94. The number of carbonyl (C=O) groups excluding carboxylic acids is 1. The van der Waals surface area contributed by atoms with Crippen LogP contribution >= 0.6 is 0 Å². The molecule has 10 nitrogen and oxygen atoms in total. The second-order valence-electron chi connectivity index (χ2n) is 15.0. The molecule has 0 fully saturated rings. The summed E-state index contributed by atoms with van der Waals surface area (Å²) in [6.07, 6.45) is -20.3. The number of fused-ring (bicyclic) bond motifs is 2. The zero-order valence-electron chi connectivity index (χ0n) is 35.5. The number of carboxylic acid groups (broad SMARTS) is 1. The summed E-state index contributed by atoms with van der Waals surface area (Å²) < 4.78 is 185. The molecule has 72 heavy (non-hydrogen) atoms. The number of oxazole rings is 2. The zero-order chi connectivity index (χ0) is 51.0. The monoisotopic (exact) mass is 1020 g/mol. The van der Waals surface area contributed by atoms with E-state index in [0.29, 0.717) is 40.9 Å². The first-order valence-corrected chi connectivity index (χ1v) is 19.9. The van der Waals surface area contributed by atoms with Crippen molar-refractivity contribution in [3.05, 3.63) is 167 Å². The molecule has 0 aliphatic rings. The van der Waals surface area contributed by atoms with Gasteiger partial charge in [-0.3, -0.25) is 0 Å². The smallest absolute Gasteiger partial charge is 0.416 e. The van der Waals surface area contributed by atoms with Crippen molar-refractivity contribution in [1.82, 2.24) is 9.97 Å². The van der Waals surface area contributed by atoms with Crippen molar-refractivity contribution >= 4 is 34.1 Å². The van der Waals surface area contributed by atoms with Crippen LogP contribution in [0, 0.1) is 0 Å². The van der Waals surface area contributed by atoms with Gasteiger partial charge in [0, 0.05) is 11.1 Å². The number of rotatable bonds is 10. The van der Waals surface area contributed by atoms with Crippen molar-refractivity contribution < 1.29 is 90.4 Å². The summed E-state index contributed by atoms with van der Waals surface area (Å²) in [4.78, 5) is 32.9. The van der Waals surface area contributed by atoms with Gasteiger partial charge in [0.2, 0.25) is 23.5 Å². The molecule has 0 bridgehead atoms. The van der Waals surface area contributed by atoms with Crippen LogP contribution < -0.4 is 9.47 Å². The third-order valence-corrected chi connectivity index (χ3v) is 10.3. The van der Waals surface area contributed by atoms with E-state index in [1.165, 1.54) is 0 Å². The van der Waals surface area contributed by atoms with Crippen LogP contribution in [0.4, 0.5) is 52.7 Å². The second kappa shape index (κ2) is 20.7. The average Bonchev–Trinajstić information content (AvgIpc) is 3.95. The summed E-state index contributed by atoms with van der Waals surface area (Å²) in [6, 6.07) is 24.4. The van der Waals surface area contributed by atoms with Crippen molar-refractivity contribution in [3.63, 3.8) is 0 Å². The molecule has 0 radical (unpaired) electrons. The summed E-state index contributed by atoms with van der Waals surface area (Å²) in [5, 5.41) is 9.87. The highest BCUT2D eigenvalue weighted by Crippen LogP contribution is 2.43. The first kappa shape index (κ1) is 54.9. The van der Waals surface area contributed by atoms with Gasteiger partial charge in [-0.2, -0.15) is 52.7 Å². The van der Waals surface area contributed by atoms with E-state index in [4.69, 9.17) is 23.0 Å². The van der Waals surface area contributed by atoms with Crippen molar-refractivity contribution in [2.24, 2.45) is 0 Å². The van der Waals surface area contributed by atoms with Crippen molar-refractivity contribution in [1.29, 1.82) is 0 Å². The van der Waals surface area contributed by atoms with Crippen LogP contribution in [0.2, 0.25) is 0 Å². The lowest BCUT2D eigenvalue weighted by molar-refractivity contribution is -0.154. The van der Waals surface area contributed by atoms with Crippen molar-refractivity contribution in [2.75, 3.05) is 7.11 Å². The number of benzene rings is 6. The van der Waals surface area contributed by atoms with Gasteiger partial charge in [0.25, 0.3) is 0 Å². The number of hydrogen-bond donors (Lipinski definition) is 1. The Labute approximate surface area is 400 Å². The number of para-hydroxylation sites is 4. The molecule has 2 aromatic heterocycles. The van der Waals surface area contributed by atoms with Crippen LogP contribution in [-0.4, -0.2) is 34.1 Å². The van der Waals surface area contributed by atoms with Gasteiger partial charge in [0.1, 0.15) is 22.5 Å². The fraction of sp³-hybridized carbons (Fsp3) is 0.200. The van der Waals surface area contributed by atoms with Gasteiger partial charge in [-0.05, 0) is 91.9 Å². The van der Waals surface area contributed by atoms with Crippen LogP contribution in [-0.2, 0) is 44.6 Å². The molecule has 8 aromatic rings. The number of esters is 1. The van der Waals surface area contributed by atoms with E-state index < -0.39 is 70.6 Å². The number of ether oxygens (including phenoxy) is 3. The summed E-state index contributed by atoms with van der Waals surface area (Å²) in [5.74, 6) is -3.57. The fourth-order valence-corrected chi connectivity index (χ4v) is 6.67. The molecule has 6 aromatic carbocycles. The predicted molar refractivity (Wildman–Crippen MR) is 236 cm³/mol. The van der Waals surface area contributed by atoms with Crippen LogP contribution in [0.25, 0.3) is 45.1 Å². The molecule has 0 aliphatic heterocycles. The molecule has 0 saturated carbocycles. The minimum Gasteiger partial charge on any atom is -0.478 e. The Bertz CT molecular complexity index is 3110. The SMILES string of the molecule is C.C.CC(Oc1ccc(C(F)(F)F)cc1-c1nc2ccccc2o1)(C(=O)O)c1ccc(C(F)(F)F)cc1.COC(=O)C(Oc1ccc(C(F)(F)F)cc1-c1nc2ccccc2o1)c1ccc(C(F)(F)F)cc1.